The second-order valence-electron chi connectivity index (χ2n) is 4.13. The SMILES string of the molecule is NC1(CC(=O)N2CCCC2)CC1. The van der Waals surface area contributed by atoms with Gasteiger partial charge in [0.1, 0.15) is 0 Å². The first kappa shape index (κ1) is 8.05. The number of likely N-dealkylation sites (tertiary alicyclic amines) is 1. The van der Waals surface area contributed by atoms with Gasteiger partial charge < -0.3 is 10.6 Å². The standard InChI is InChI=1S/C9H16N2O/c10-9(3-4-9)7-8(12)11-5-1-2-6-11/h1-7,10H2. The summed E-state index contributed by atoms with van der Waals surface area (Å²) in [5.41, 5.74) is 5.76. The van der Waals surface area contributed by atoms with Gasteiger partial charge in [0.15, 0.2) is 0 Å². The molecule has 2 fully saturated rings. The zero-order valence-corrected chi connectivity index (χ0v) is 7.38. The van der Waals surface area contributed by atoms with E-state index in [4.69, 9.17) is 5.73 Å². The molecule has 68 valence electrons. The summed E-state index contributed by atoms with van der Waals surface area (Å²) in [5.74, 6) is 0.271. The minimum atomic E-state index is -0.111. The maximum atomic E-state index is 11.5. The molecule has 2 rings (SSSR count). The number of hydrogen-bond donors (Lipinski definition) is 1. The third-order valence-electron chi connectivity index (χ3n) is 2.85. The van der Waals surface area contributed by atoms with Crippen LogP contribution in [-0.2, 0) is 4.79 Å². The van der Waals surface area contributed by atoms with Crippen molar-refractivity contribution in [1.29, 1.82) is 0 Å². The highest BCUT2D eigenvalue weighted by atomic mass is 16.2. The molecule has 0 atom stereocenters. The maximum Gasteiger partial charge on any atom is 0.224 e. The molecule has 0 bridgehead atoms. The minimum absolute atomic E-state index is 0.111. The predicted octanol–water partition coefficient (Wildman–Crippen LogP) is 0.490. The molecule has 0 spiro atoms. The van der Waals surface area contributed by atoms with Crippen LogP contribution in [0.2, 0.25) is 0 Å². The molecule has 3 heteroatoms. The van der Waals surface area contributed by atoms with Crippen molar-refractivity contribution in [2.24, 2.45) is 5.73 Å². The van der Waals surface area contributed by atoms with Crippen LogP contribution in [0, 0.1) is 0 Å². The highest BCUT2D eigenvalue weighted by molar-refractivity contribution is 5.78. The number of rotatable bonds is 2. The maximum absolute atomic E-state index is 11.5. The fourth-order valence-corrected chi connectivity index (χ4v) is 1.72. The van der Waals surface area contributed by atoms with Gasteiger partial charge in [-0.05, 0) is 25.7 Å². The second kappa shape index (κ2) is 2.73. The molecule has 0 radical (unpaired) electrons. The second-order valence-corrected chi connectivity index (χ2v) is 4.13. The number of amides is 1. The molecule has 1 aliphatic heterocycles. The molecule has 0 unspecified atom stereocenters. The topological polar surface area (TPSA) is 46.3 Å². The summed E-state index contributed by atoms with van der Waals surface area (Å²) in [6.07, 6.45) is 4.98. The predicted molar refractivity (Wildman–Crippen MR) is 46.6 cm³/mol. The van der Waals surface area contributed by atoms with Gasteiger partial charge >= 0.3 is 0 Å². The van der Waals surface area contributed by atoms with Crippen LogP contribution in [-0.4, -0.2) is 29.4 Å². The van der Waals surface area contributed by atoms with Crippen molar-refractivity contribution in [3.63, 3.8) is 0 Å². The Labute approximate surface area is 72.9 Å². The largest absolute Gasteiger partial charge is 0.343 e. The Kier molecular flexibility index (Phi) is 1.83. The van der Waals surface area contributed by atoms with Crippen molar-refractivity contribution in [2.45, 2.75) is 37.6 Å². The molecule has 1 saturated heterocycles. The molecule has 0 aromatic heterocycles. The lowest BCUT2D eigenvalue weighted by molar-refractivity contribution is -0.130. The Morgan fingerprint density at radius 1 is 1.33 bits per heavy atom. The van der Waals surface area contributed by atoms with E-state index in [-0.39, 0.29) is 11.4 Å². The summed E-state index contributed by atoms with van der Waals surface area (Å²) in [6, 6.07) is 0. The molecule has 2 N–H and O–H groups in total. The normalized spacial score (nSPS) is 25.9. The Balaban J connectivity index is 1.83. The van der Waals surface area contributed by atoms with Crippen LogP contribution in [0.1, 0.15) is 32.1 Å². The lowest BCUT2D eigenvalue weighted by atomic mass is 10.2. The smallest absolute Gasteiger partial charge is 0.224 e. The summed E-state index contributed by atoms with van der Waals surface area (Å²) >= 11 is 0. The van der Waals surface area contributed by atoms with Crippen molar-refractivity contribution >= 4 is 5.91 Å². The van der Waals surface area contributed by atoms with Gasteiger partial charge in [-0.15, -0.1) is 0 Å². The first-order chi connectivity index (χ1) is 5.70. The van der Waals surface area contributed by atoms with E-state index in [9.17, 15) is 4.79 Å². The van der Waals surface area contributed by atoms with Crippen LogP contribution >= 0.6 is 0 Å². The summed E-state index contributed by atoms with van der Waals surface area (Å²) in [7, 11) is 0. The van der Waals surface area contributed by atoms with Crippen LogP contribution in [0.5, 0.6) is 0 Å². The summed E-state index contributed by atoms with van der Waals surface area (Å²) in [6.45, 7) is 1.91. The molecule has 12 heavy (non-hydrogen) atoms. The van der Waals surface area contributed by atoms with Crippen LogP contribution in [0.3, 0.4) is 0 Å². The van der Waals surface area contributed by atoms with E-state index < -0.39 is 0 Å². The third-order valence-corrected chi connectivity index (χ3v) is 2.85. The average molecular weight is 168 g/mol. The Hall–Kier alpha value is -0.570. The molecular weight excluding hydrogens is 152 g/mol. The van der Waals surface area contributed by atoms with Crippen molar-refractivity contribution in [1.82, 2.24) is 4.90 Å². The minimum Gasteiger partial charge on any atom is -0.343 e. The third kappa shape index (κ3) is 1.61. The van der Waals surface area contributed by atoms with Gasteiger partial charge in [-0.3, -0.25) is 4.79 Å². The summed E-state index contributed by atoms with van der Waals surface area (Å²) < 4.78 is 0. The van der Waals surface area contributed by atoms with Gasteiger partial charge in [-0.25, -0.2) is 0 Å². The first-order valence-electron chi connectivity index (χ1n) is 4.76. The van der Waals surface area contributed by atoms with Crippen LogP contribution in [0.15, 0.2) is 0 Å². The molecule has 1 heterocycles. The Morgan fingerprint density at radius 2 is 1.92 bits per heavy atom. The van der Waals surface area contributed by atoms with Gasteiger partial charge in [0.05, 0.1) is 0 Å². The molecule has 1 saturated carbocycles. The molecule has 0 aromatic carbocycles. The van der Waals surface area contributed by atoms with E-state index in [0.717, 1.165) is 25.9 Å². The van der Waals surface area contributed by atoms with Gasteiger partial charge in [0, 0.05) is 25.0 Å². The number of nitrogens with two attached hydrogens (primary N) is 1. The van der Waals surface area contributed by atoms with Crippen LogP contribution < -0.4 is 5.73 Å². The van der Waals surface area contributed by atoms with E-state index in [2.05, 4.69) is 0 Å². The molecule has 1 aliphatic carbocycles. The van der Waals surface area contributed by atoms with Crippen molar-refractivity contribution in [3.05, 3.63) is 0 Å². The Morgan fingerprint density at radius 3 is 2.42 bits per heavy atom. The fraction of sp³-hybridized carbons (Fsp3) is 0.889. The lowest BCUT2D eigenvalue weighted by Crippen LogP contribution is -2.35. The van der Waals surface area contributed by atoms with Gasteiger partial charge in [-0.2, -0.15) is 0 Å². The van der Waals surface area contributed by atoms with E-state index in [0.29, 0.717) is 6.42 Å². The van der Waals surface area contributed by atoms with Gasteiger partial charge in [0.2, 0.25) is 5.91 Å². The van der Waals surface area contributed by atoms with E-state index in [1.165, 1.54) is 12.8 Å². The highest BCUT2D eigenvalue weighted by Gasteiger charge is 2.41. The van der Waals surface area contributed by atoms with Crippen LogP contribution in [0.25, 0.3) is 0 Å². The van der Waals surface area contributed by atoms with Crippen molar-refractivity contribution < 1.29 is 4.79 Å². The van der Waals surface area contributed by atoms with Crippen molar-refractivity contribution in [3.8, 4) is 0 Å². The molecule has 3 nitrogen and oxygen atoms in total. The first-order valence-corrected chi connectivity index (χ1v) is 4.76. The Bertz CT molecular complexity index is 193. The number of nitrogens with zero attached hydrogens (tertiary/aromatic N) is 1. The van der Waals surface area contributed by atoms with Crippen LogP contribution in [0.4, 0.5) is 0 Å². The fourth-order valence-electron chi connectivity index (χ4n) is 1.72. The number of hydrogen-bond acceptors (Lipinski definition) is 2. The molecule has 2 aliphatic rings. The highest BCUT2D eigenvalue weighted by Crippen LogP contribution is 2.36. The number of carbonyl (C=O) groups excluding carboxylic acids is 1. The van der Waals surface area contributed by atoms with E-state index in [1.807, 2.05) is 4.90 Å². The van der Waals surface area contributed by atoms with Crippen molar-refractivity contribution in [2.75, 3.05) is 13.1 Å². The zero-order chi connectivity index (χ0) is 8.60. The van der Waals surface area contributed by atoms with Gasteiger partial charge in [-0.1, -0.05) is 0 Å². The van der Waals surface area contributed by atoms with E-state index in [1.54, 1.807) is 0 Å². The monoisotopic (exact) mass is 168 g/mol. The average Bonchev–Trinajstić information content (AvgIpc) is 2.55. The van der Waals surface area contributed by atoms with Gasteiger partial charge in [0.25, 0.3) is 0 Å². The zero-order valence-electron chi connectivity index (χ0n) is 7.38. The molecule has 1 amide bonds. The molecule has 0 aromatic rings. The lowest BCUT2D eigenvalue weighted by Gasteiger charge is -2.17. The summed E-state index contributed by atoms with van der Waals surface area (Å²) in [4.78, 5) is 13.5. The van der Waals surface area contributed by atoms with E-state index >= 15 is 0 Å². The number of carbonyl (C=O) groups is 1. The summed E-state index contributed by atoms with van der Waals surface area (Å²) in [5, 5.41) is 0. The quantitative estimate of drug-likeness (QED) is 0.652. The molecular formula is C9H16N2O.